The van der Waals surface area contributed by atoms with Gasteiger partial charge in [-0.15, -0.1) is 0 Å². The molecule has 0 saturated heterocycles. The number of carbonyl (C=O) groups is 1. The summed E-state index contributed by atoms with van der Waals surface area (Å²) in [6.07, 6.45) is -0.109. The minimum atomic E-state index is -0.907. The monoisotopic (exact) mass is 224 g/mol. The van der Waals surface area contributed by atoms with E-state index in [1.54, 1.807) is 6.07 Å². The molecule has 0 spiro atoms. The zero-order chi connectivity index (χ0) is 12.1. The molecule has 1 aromatic heterocycles. The second-order valence-corrected chi connectivity index (χ2v) is 3.71. The predicted octanol–water partition coefficient (Wildman–Crippen LogP) is 1.63. The molecule has 88 valence electrons. The van der Waals surface area contributed by atoms with Gasteiger partial charge in [-0.3, -0.25) is 4.79 Å². The van der Waals surface area contributed by atoms with Crippen molar-refractivity contribution in [3.8, 4) is 5.88 Å². The van der Waals surface area contributed by atoms with E-state index >= 15 is 0 Å². The van der Waals surface area contributed by atoms with Crippen LogP contribution in [0.3, 0.4) is 0 Å². The molecule has 1 heterocycles. The van der Waals surface area contributed by atoms with Crippen molar-refractivity contribution in [3.05, 3.63) is 17.6 Å². The summed E-state index contributed by atoms with van der Waals surface area (Å²) in [6, 6.07) is 1.57. The maximum absolute atomic E-state index is 10.6. The van der Waals surface area contributed by atoms with E-state index in [1.807, 2.05) is 20.8 Å². The minimum absolute atomic E-state index is 0.109. The van der Waals surface area contributed by atoms with Crippen LogP contribution >= 0.6 is 0 Å². The first-order valence-corrected chi connectivity index (χ1v) is 5.25. The molecule has 0 aliphatic heterocycles. The van der Waals surface area contributed by atoms with Crippen LogP contribution in [-0.4, -0.2) is 27.7 Å². The molecule has 0 radical (unpaired) electrons. The summed E-state index contributed by atoms with van der Waals surface area (Å²) in [5, 5.41) is 8.72. The van der Waals surface area contributed by atoms with Crippen molar-refractivity contribution in [2.45, 2.75) is 33.1 Å². The van der Waals surface area contributed by atoms with Gasteiger partial charge >= 0.3 is 5.97 Å². The van der Waals surface area contributed by atoms with E-state index in [9.17, 15) is 4.79 Å². The molecule has 1 N–H and O–H groups in total. The fraction of sp³-hybridized carbons (Fsp3) is 0.545. The second kappa shape index (κ2) is 5.44. The molecule has 0 saturated carbocycles. The Kier molecular flexibility index (Phi) is 4.22. The topological polar surface area (TPSA) is 72.3 Å². The van der Waals surface area contributed by atoms with Gasteiger partial charge in [-0.05, 0) is 6.92 Å². The maximum atomic E-state index is 10.6. The molecule has 1 aromatic rings. The van der Waals surface area contributed by atoms with Crippen LogP contribution in [0.25, 0.3) is 0 Å². The number of ether oxygens (including phenoxy) is 1. The van der Waals surface area contributed by atoms with Gasteiger partial charge in [-0.1, -0.05) is 13.8 Å². The van der Waals surface area contributed by atoms with Crippen LogP contribution in [0, 0.1) is 0 Å². The lowest BCUT2D eigenvalue weighted by atomic mass is 10.2. The highest BCUT2D eigenvalue weighted by molar-refractivity contribution is 5.69. The third-order valence-corrected chi connectivity index (χ3v) is 1.91. The Bertz CT molecular complexity index is 377. The molecule has 0 atom stereocenters. The van der Waals surface area contributed by atoms with Crippen LogP contribution in [0.15, 0.2) is 6.07 Å². The molecular weight excluding hydrogens is 208 g/mol. The van der Waals surface area contributed by atoms with Gasteiger partial charge in [0.2, 0.25) is 5.88 Å². The molecule has 0 unspecified atom stereocenters. The second-order valence-electron chi connectivity index (χ2n) is 3.71. The number of hydrogen-bond donors (Lipinski definition) is 1. The van der Waals surface area contributed by atoms with Crippen molar-refractivity contribution in [3.63, 3.8) is 0 Å². The molecule has 5 nitrogen and oxygen atoms in total. The molecule has 0 fully saturated rings. The number of nitrogens with zero attached hydrogens (tertiary/aromatic N) is 2. The van der Waals surface area contributed by atoms with Gasteiger partial charge in [0.05, 0.1) is 18.7 Å². The Labute approximate surface area is 94.5 Å². The third kappa shape index (κ3) is 3.49. The van der Waals surface area contributed by atoms with E-state index < -0.39 is 5.97 Å². The Morgan fingerprint density at radius 3 is 2.69 bits per heavy atom. The SMILES string of the molecule is CCOc1cc(CC(=O)O)nc(C(C)C)n1. The van der Waals surface area contributed by atoms with Crippen molar-refractivity contribution in [1.82, 2.24) is 9.97 Å². The summed E-state index contributed by atoms with van der Waals surface area (Å²) in [7, 11) is 0. The van der Waals surface area contributed by atoms with E-state index in [4.69, 9.17) is 9.84 Å². The smallest absolute Gasteiger partial charge is 0.309 e. The van der Waals surface area contributed by atoms with Gasteiger partial charge in [0.15, 0.2) is 0 Å². The number of aromatic nitrogens is 2. The lowest BCUT2D eigenvalue weighted by Gasteiger charge is -2.09. The number of aliphatic carboxylic acids is 1. The lowest BCUT2D eigenvalue weighted by molar-refractivity contribution is -0.136. The highest BCUT2D eigenvalue weighted by Crippen LogP contribution is 2.16. The first-order chi connectivity index (χ1) is 7.52. The standard InChI is InChI=1S/C11H16N2O3/c1-4-16-9-5-8(6-10(14)15)12-11(13-9)7(2)3/h5,7H,4,6H2,1-3H3,(H,14,15). The van der Waals surface area contributed by atoms with Crippen molar-refractivity contribution in [2.24, 2.45) is 0 Å². The average molecular weight is 224 g/mol. The Balaban J connectivity index is 3.03. The van der Waals surface area contributed by atoms with Gasteiger partial charge < -0.3 is 9.84 Å². The quantitative estimate of drug-likeness (QED) is 0.822. The van der Waals surface area contributed by atoms with Crippen LogP contribution in [-0.2, 0) is 11.2 Å². The zero-order valence-electron chi connectivity index (χ0n) is 9.73. The molecule has 0 aromatic carbocycles. The predicted molar refractivity (Wildman–Crippen MR) is 58.6 cm³/mol. The van der Waals surface area contributed by atoms with E-state index in [2.05, 4.69) is 9.97 Å². The summed E-state index contributed by atoms with van der Waals surface area (Å²) >= 11 is 0. The number of carboxylic acids is 1. The van der Waals surface area contributed by atoms with Gasteiger partial charge in [0.25, 0.3) is 0 Å². The summed E-state index contributed by atoms with van der Waals surface area (Å²) < 4.78 is 5.27. The largest absolute Gasteiger partial charge is 0.481 e. The lowest BCUT2D eigenvalue weighted by Crippen LogP contribution is -2.08. The molecule has 5 heteroatoms. The highest BCUT2D eigenvalue weighted by atomic mass is 16.5. The highest BCUT2D eigenvalue weighted by Gasteiger charge is 2.10. The molecule has 16 heavy (non-hydrogen) atoms. The van der Waals surface area contributed by atoms with Gasteiger partial charge in [0.1, 0.15) is 5.82 Å². The molecular formula is C11H16N2O3. The number of carboxylic acid groups (broad SMARTS) is 1. The van der Waals surface area contributed by atoms with E-state index in [-0.39, 0.29) is 12.3 Å². The first kappa shape index (κ1) is 12.4. The minimum Gasteiger partial charge on any atom is -0.481 e. The Morgan fingerprint density at radius 1 is 1.50 bits per heavy atom. The van der Waals surface area contributed by atoms with Crippen molar-refractivity contribution < 1.29 is 14.6 Å². The number of hydrogen-bond acceptors (Lipinski definition) is 4. The molecule has 0 aliphatic carbocycles. The summed E-state index contributed by atoms with van der Waals surface area (Å²) in [5.74, 6) is 0.295. The van der Waals surface area contributed by atoms with Gasteiger partial charge in [-0.2, -0.15) is 4.98 Å². The van der Waals surface area contributed by atoms with Crippen LogP contribution < -0.4 is 4.74 Å². The molecule has 0 amide bonds. The average Bonchev–Trinajstić information content (AvgIpc) is 2.16. The van der Waals surface area contributed by atoms with E-state index in [0.717, 1.165) is 0 Å². The fourth-order valence-corrected chi connectivity index (χ4v) is 1.22. The summed E-state index contributed by atoms with van der Waals surface area (Å²) in [6.45, 7) is 6.26. The van der Waals surface area contributed by atoms with Crippen LogP contribution in [0.1, 0.15) is 38.2 Å². The van der Waals surface area contributed by atoms with E-state index in [0.29, 0.717) is 24.0 Å². The van der Waals surface area contributed by atoms with Crippen molar-refractivity contribution >= 4 is 5.97 Å². The van der Waals surface area contributed by atoms with Gasteiger partial charge in [-0.25, -0.2) is 4.98 Å². The molecule has 0 bridgehead atoms. The van der Waals surface area contributed by atoms with Crippen molar-refractivity contribution in [2.75, 3.05) is 6.61 Å². The Hall–Kier alpha value is -1.65. The molecule has 1 rings (SSSR count). The summed E-state index contributed by atoms with van der Waals surface area (Å²) in [5.41, 5.74) is 0.481. The normalized spacial score (nSPS) is 10.5. The summed E-state index contributed by atoms with van der Waals surface area (Å²) in [4.78, 5) is 19.0. The first-order valence-electron chi connectivity index (χ1n) is 5.25. The van der Waals surface area contributed by atoms with Crippen LogP contribution in [0.2, 0.25) is 0 Å². The van der Waals surface area contributed by atoms with Gasteiger partial charge in [0, 0.05) is 12.0 Å². The van der Waals surface area contributed by atoms with Crippen molar-refractivity contribution in [1.29, 1.82) is 0 Å². The molecule has 0 aliphatic rings. The Morgan fingerprint density at radius 2 is 2.19 bits per heavy atom. The maximum Gasteiger partial charge on any atom is 0.309 e. The third-order valence-electron chi connectivity index (χ3n) is 1.91. The fourth-order valence-electron chi connectivity index (χ4n) is 1.22. The van der Waals surface area contributed by atoms with Crippen LogP contribution in [0.4, 0.5) is 0 Å². The zero-order valence-corrected chi connectivity index (χ0v) is 9.73. The number of rotatable bonds is 5. The van der Waals surface area contributed by atoms with E-state index in [1.165, 1.54) is 0 Å². The van der Waals surface area contributed by atoms with Crippen LogP contribution in [0.5, 0.6) is 5.88 Å².